The van der Waals surface area contributed by atoms with Gasteiger partial charge < -0.3 is 10.8 Å². The number of rotatable bonds is 4. The lowest BCUT2D eigenvalue weighted by Gasteiger charge is -2.13. The Morgan fingerprint density at radius 3 is 2.67 bits per heavy atom. The van der Waals surface area contributed by atoms with E-state index in [-0.39, 0.29) is 13.0 Å². The summed E-state index contributed by atoms with van der Waals surface area (Å²) in [4.78, 5) is 0. The molecule has 15 heavy (non-hydrogen) atoms. The van der Waals surface area contributed by atoms with Crippen molar-refractivity contribution in [3.63, 3.8) is 0 Å². The fraction of sp³-hybridized carbons (Fsp3) is 0.455. The Morgan fingerprint density at radius 1 is 1.47 bits per heavy atom. The molecule has 0 aliphatic rings. The van der Waals surface area contributed by atoms with Gasteiger partial charge in [-0.2, -0.15) is 0 Å². The van der Waals surface area contributed by atoms with Gasteiger partial charge in [0.25, 0.3) is 0 Å². The minimum Gasteiger partial charge on any atom is -0.394 e. The quantitative estimate of drug-likeness (QED) is 0.805. The molecule has 0 aliphatic carbocycles. The van der Waals surface area contributed by atoms with Gasteiger partial charge in [-0.25, -0.2) is 8.78 Å². The zero-order valence-corrected chi connectivity index (χ0v) is 8.58. The third-order valence-electron chi connectivity index (χ3n) is 2.09. The first kappa shape index (κ1) is 12.1. The van der Waals surface area contributed by atoms with E-state index in [1.165, 1.54) is 0 Å². The Labute approximate surface area is 87.7 Å². The van der Waals surface area contributed by atoms with Crippen LogP contribution in [0.25, 0.3) is 0 Å². The Kier molecular flexibility index (Phi) is 3.77. The highest BCUT2D eigenvalue weighted by Crippen LogP contribution is 2.20. The third kappa shape index (κ3) is 3.93. The molecule has 0 radical (unpaired) electrons. The molecule has 1 unspecified atom stereocenters. The average Bonchev–Trinajstić information content (AvgIpc) is 2.14. The zero-order chi connectivity index (χ0) is 11.5. The zero-order valence-electron chi connectivity index (χ0n) is 8.58. The van der Waals surface area contributed by atoms with Gasteiger partial charge in [0.15, 0.2) is 0 Å². The second kappa shape index (κ2) is 4.68. The summed E-state index contributed by atoms with van der Waals surface area (Å²) in [6.07, 6.45) is -0.307. The van der Waals surface area contributed by atoms with Gasteiger partial charge in [-0.05, 0) is 18.1 Å². The standard InChI is InChI=1S/C11H15F2NO/c1-11(12,13)6-8-3-2-4-9(5-8)10(14)7-15/h2-5,10,15H,6-7,14H2,1H3. The Hall–Kier alpha value is -1.00. The molecule has 0 fully saturated rings. The van der Waals surface area contributed by atoms with Crippen molar-refractivity contribution in [1.82, 2.24) is 0 Å². The molecule has 1 atom stereocenters. The van der Waals surface area contributed by atoms with E-state index >= 15 is 0 Å². The van der Waals surface area contributed by atoms with Gasteiger partial charge in [0, 0.05) is 6.42 Å². The maximum atomic E-state index is 12.7. The molecule has 0 bridgehead atoms. The minimum atomic E-state index is -2.72. The van der Waals surface area contributed by atoms with E-state index in [0.29, 0.717) is 11.1 Å². The molecule has 84 valence electrons. The second-order valence-corrected chi connectivity index (χ2v) is 3.78. The van der Waals surface area contributed by atoms with Crippen LogP contribution in [0.2, 0.25) is 0 Å². The molecule has 0 saturated heterocycles. The van der Waals surface area contributed by atoms with E-state index in [1.807, 2.05) is 0 Å². The predicted octanol–water partition coefficient (Wildman–Crippen LogP) is 1.88. The molecule has 0 aromatic heterocycles. The molecule has 1 aromatic carbocycles. The number of halogens is 2. The molecule has 4 heteroatoms. The van der Waals surface area contributed by atoms with Gasteiger partial charge in [0.1, 0.15) is 0 Å². The molecular weight excluding hydrogens is 200 g/mol. The van der Waals surface area contributed by atoms with Crippen molar-refractivity contribution >= 4 is 0 Å². The van der Waals surface area contributed by atoms with Crippen LogP contribution in [0.3, 0.4) is 0 Å². The summed E-state index contributed by atoms with van der Waals surface area (Å²) in [5.41, 5.74) is 6.80. The molecular formula is C11H15F2NO. The fourth-order valence-electron chi connectivity index (χ4n) is 1.40. The van der Waals surface area contributed by atoms with E-state index in [1.54, 1.807) is 24.3 Å². The summed E-state index contributed by atoms with van der Waals surface area (Å²) in [5, 5.41) is 8.84. The van der Waals surface area contributed by atoms with Crippen LogP contribution in [0.1, 0.15) is 24.1 Å². The minimum absolute atomic E-state index is 0.189. The van der Waals surface area contributed by atoms with Crippen LogP contribution in [-0.2, 0) is 6.42 Å². The van der Waals surface area contributed by atoms with Gasteiger partial charge in [0.2, 0.25) is 5.92 Å². The first-order valence-electron chi connectivity index (χ1n) is 4.75. The highest BCUT2D eigenvalue weighted by atomic mass is 19.3. The van der Waals surface area contributed by atoms with Gasteiger partial charge >= 0.3 is 0 Å². The molecule has 1 rings (SSSR count). The van der Waals surface area contributed by atoms with Crippen LogP contribution >= 0.6 is 0 Å². The number of benzene rings is 1. The van der Waals surface area contributed by atoms with Crippen molar-refractivity contribution in [1.29, 1.82) is 0 Å². The van der Waals surface area contributed by atoms with Crippen LogP contribution in [0, 0.1) is 0 Å². The highest BCUT2D eigenvalue weighted by Gasteiger charge is 2.21. The number of hydrogen-bond acceptors (Lipinski definition) is 2. The monoisotopic (exact) mass is 215 g/mol. The molecule has 3 N–H and O–H groups in total. The van der Waals surface area contributed by atoms with Gasteiger partial charge in [-0.15, -0.1) is 0 Å². The molecule has 1 aromatic rings. The molecule has 0 amide bonds. The Morgan fingerprint density at radius 2 is 2.13 bits per heavy atom. The van der Waals surface area contributed by atoms with Crippen molar-refractivity contribution in [2.75, 3.05) is 6.61 Å². The van der Waals surface area contributed by atoms with E-state index in [0.717, 1.165) is 6.92 Å². The van der Waals surface area contributed by atoms with Crippen LogP contribution in [0.5, 0.6) is 0 Å². The van der Waals surface area contributed by atoms with Crippen LogP contribution in [0.4, 0.5) is 8.78 Å². The average molecular weight is 215 g/mol. The summed E-state index contributed by atoms with van der Waals surface area (Å²) in [6.45, 7) is 0.692. The summed E-state index contributed by atoms with van der Waals surface area (Å²) < 4.78 is 25.5. The number of aliphatic hydroxyl groups is 1. The van der Waals surface area contributed by atoms with Crippen LogP contribution < -0.4 is 5.73 Å². The Bertz CT molecular complexity index is 323. The number of aliphatic hydroxyl groups excluding tert-OH is 1. The van der Waals surface area contributed by atoms with Crippen LogP contribution in [-0.4, -0.2) is 17.6 Å². The third-order valence-corrected chi connectivity index (χ3v) is 2.09. The van der Waals surface area contributed by atoms with Crippen molar-refractivity contribution in [3.8, 4) is 0 Å². The van der Waals surface area contributed by atoms with E-state index in [2.05, 4.69) is 0 Å². The molecule has 0 saturated carbocycles. The topological polar surface area (TPSA) is 46.2 Å². The van der Waals surface area contributed by atoms with E-state index < -0.39 is 12.0 Å². The SMILES string of the molecule is CC(F)(F)Cc1cccc(C(N)CO)c1. The summed E-state index contributed by atoms with van der Waals surface area (Å²) in [7, 11) is 0. The first-order valence-corrected chi connectivity index (χ1v) is 4.75. The Balaban J connectivity index is 2.83. The lowest BCUT2D eigenvalue weighted by Crippen LogP contribution is -2.16. The first-order chi connectivity index (χ1) is 6.92. The van der Waals surface area contributed by atoms with Crippen molar-refractivity contribution in [2.24, 2.45) is 5.73 Å². The fourth-order valence-corrected chi connectivity index (χ4v) is 1.40. The van der Waals surface area contributed by atoms with Gasteiger partial charge in [-0.1, -0.05) is 24.3 Å². The summed E-state index contributed by atoms with van der Waals surface area (Å²) in [5.74, 6) is -2.72. The number of nitrogens with two attached hydrogens (primary N) is 1. The van der Waals surface area contributed by atoms with Gasteiger partial charge in [0.05, 0.1) is 12.6 Å². The largest absolute Gasteiger partial charge is 0.394 e. The van der Waals surface area contributed by atoms with Crippen LogP contribution in [0.15, 0.2) is 24.3 Å². The van der Waals surface area contributed by atoms with E-state index in [9.17, 15) is 8.78 Å². The summed E-state index contributed by atoms with van der Waals surface area (Å²) in [6, 6.07) is 6.13. The maximum absolute atomic E-state index is 12.7. The predicted molar refractivity (Wildman–Crippen MR) is 54.8 cm³/mol. The smallest absolute Gasteiger partial charge is 0.249 e. The van der Waals surface area contributed by atoms with Crippen molar-refractivity contribution in [2.45, 2.75) is 25.3 Å². The lowest BCUT2D eigenvalue weighted by atomic mass is 10.0. The summed E-state index contributed by atoms with van der Waals surface area (Å²) >= 11 is 0. The normalized spacial score (nSPS) is 13.9. The molecule has 0 heterocycles. The van der Waals surface area contributed by atoms with E-state index in [4.69, 9.17) is 10.8 Å². The molecule has 0 aliphatic heterocycles. The lowest BCUT2D eigenvalue weighted by molar-refractivity contribution is 0.0226. The second-order valence-electron chi connectivity index (χ2n) is 3.78. The van der Waals surface area contributed by atoms with Crippen molar-refractivity contribution < 1.29 is 13.9 Å². The maximum Gasteiger partial charge on any atom is 0.249 e. The van der Waals surface area contributed by atoms with Gasteiger partial charge in [-0.3, -0.25) is 0 Å². The molecule has 0 spiro atoms. The molecule has 2 nitrogen and oxygen atoms in total. The highest BCUT2D eigenvalue weighted by molar-refractivity contribution is 5.26. The number of hydrogen-bond donors (Lipinski definition) is 2. The van der Waals surface area contributed by atoms with Crippen molar-refractivity contribution in [3.05, 3.63) is 35.4 Å². The number of alkyl halides is 2.